The van der Waals surface area contributed by atoms with Gasteiger partial charge in [-0.05, 0) is 78.7 Å². The van der Waals surface area contributed by atoms with Crippen LogP contribution >= 0.6 is 11.8 Å². The van der Waals surface area contributed by atoms with Crippen molar-refractivity contribution in [2.45, 2.75) is 66.1 Å². The molecule has 0 aliphatic rings. The second-order valence-corrected chi connectivity index (χ2v) is 10.5. The fourth-order valence-electron chi connectivity index (χ4n) is 2.71. The zero-order valence-corrected chi connectivity index (χ0v) is 21.9. The van der Waals surface area contributed by atoms with E-state index in [4.69, 9.17) is 13.9 Å². The summed E-state index contributed by atoms with van der Waals surface area (Å²) in [6, 6.07) is 7.11. The Balaban J connectivity index is 2.32. The maximum absolute atomic E-state index is 12.3. The van der Waals surface area contributed by atoms with Gasteiger partial charge in [0, 0.05) is 12.0 Å². The smallest absolute Gasteiger partial charge is 0.414 e. The van der Waals surface area contributed by atoms with Crippen LogP contribution in [0.25, 0.3) is 11.5 Å². The number of benzene rings is 1. The summed E-state index contributed by atoms with van der Waals surface area (Å²) in [6.07, 6.45) is 1.34. The highest BCUT2D eigenvalue weighted by molar-refractivity contribution is 7.98. The molecule has 0 unspecified atom stereocenters. The number of oxazole rings is 1. The Morgan fingerprint density at radius 2 is 1.65 bits per heavy atom. The van der Waals surface area contributed by atoms with Gasteiger partial charge < -0.3 is 13.9 Å². The lowest BCUT2D eigenvalue weighted by Crippen LogP contribution is -2.47. The molecule has 10 heteroatoms. The van der Waals surface area contributed by atoms with Crippen molar-refractivity contribution in [3.8, 4) is 11.5 Å². The van der Waals surface area contributed by atoms with Crippen LogP contribution in [0.5, 0.6) is 0 Å². The number of hydrogen-bond donors (Lipinski definition) is 2. The Kier molecular flexibility index (Phi) is 9.14. The van der Waals surface area contributed by atoms with Crippen molar-refractivity contribution in [2.75, 3.05) is 12.0 Å². The molecule has 0 bridgehead atoms. The highest BCUT2D eigenvalue weighted by Gasteiger charge is 2.21. The van der Waals surface area contributed by atoms with Crippen molar-refractivity contribution < 1.29 is 23.5 Å². The number of rotatable bonds is 5. The second-order valence-electron chi connectivity index (χ2n) is 9.53. The molecule has 2 N–H and O–H groups in total. The predicted molar refractivity (Wildman–Crippen MR) is 135 cm³/mol. The fraction of sp³-hybridized carbons (Fsp3) is 0.500. The third-order valence-corrected chi connectivity index (χ3v) is 4.62. The summed E-state index contributed by atoms with van der Waals surface area (Å²) in [5.41, 5.74) is 0.641. The van der Waals surface area contributed by atoms with E-state index in [9.17, 15) is 9.59 Å². The minimum atomic E-state index is -0.764. The summed E-state index contributed by atoms with van der Waals surface area (Å²) in [7, 11) is 0. The van der Waals surface area contributed by atoms with Gasteiger partial charge in [0.05, 0.1) is 11.4 Å². The van der Waals surface area contributed by atoms with Crippen LogP contribution in [-0.2, 0) is 15.9 Å². The lowest BCUT2D eigenvalue weighted by molar-refractivity contribution is 0.0545. The lowest BCUT2D eigenvalue weighted by Gasteiger charge is -2.22. The Morgan fingerprint density at radius 3 is 2.18 bits per heavy atom. The molecule has 0 aliphatic heterocycles. The molecule has 2 rings (SSSR count). The van der Waals surface area contributed by atoms with Crippen LogP contribution in [0.4, 0.5) is 15.3 Å². The number of carbonyl (C=O) groups is 2. The zero-order chi connectivity index (χ0) is 25.5. The van der Waals surface area contributed by atoms with Crippen molar-refractivity contribution in [1.29, 1.82) is 0 Å². The van der Waals surface area contributed by atoms with E-state index in [-0.39, 0.29) is 5.96 Å². The first-order valence-corrected chi connectivity index (χ1v) is 12.3. The predicted octanol–water partition coefficient (Wildman–Crippen LogP) is 5.59. The number of amides is 2. The quantitative estimate of drug-likeness (QED) is 0.414. The van der Waals surface area contributed by atoms with E-state index >= 15 is 0 Å². The van der Waals surface area contributed by atoms with Crippen LogP contribution in [0.3, 0.4) is 0 Å². The van der Waals surface area contributed by atoms with Gasteiger partial charge in [0.2, 0.25) is 11.9 Å². The first-order chi connectivity index (χ1) is 15.8. The van der Waals surface area contributed by atoms with Crippen LogP contribution in [0.15, 0.2) is 33.7 Å². The van der Waals surface area contributed by atoms with Crippen molar-refractivity contribution in [1.82, 2.24) is 15.6 Å². The topological polar surface area (TPSA) is 115 Å². The van der Waals surface area contributed by atoms with Gasteiger partial charge in [-0.25, -0.2) is 19.6 Å². The monoisotopic (exact) mass is 490 g/mol. The molecule has 2 aromatic rings. The Bertz CT molecular complexity index is 1000. The van der Waals surface area contributed by atoms with Gasteiger partial charge in [-0.3, -0.25) is 10.6 Å². The zero-order valence-electron chi connectivity index (χ0n) is 21.1. The summed E-state index contributed by atoms with van der Waals surface area (Å²) < 4.78 is 16.4. The summed E-state index contributed by atoms with van der Waals surface area (Å²) in [6.45, 7) is 12.3. The van der Waals surface area contributed by atoms with Crippen LogP contribution < -0.4 is 10.6 Å². The molecule has 0 atom stereocenters. The first-order valence-electron chi connectivity index (χ1n) is 10.9. The Hall–Kier alpha value is -3.01. The van der Waals surface area contributed by atoms with Crippen LogP contribution in [0, 0.1) is 6.92 Å². The van der Waals surface area contributed by atoms with Crippen molar-refractivity contribution >= 4 is 35.6 Å². The van der Waals surface area contributed by atoms with E-state index in [0.717, 1.165) is 23.6 Å². The van der Waals surface area contributed by atoms with Crippen molar-refractivity contribution in [3.05, 3.63) is 35.7 Å². The molecule has 0 radical (unpaired) electrons. The van der Waals surface area contributed by atoms with E-state index in [1.807, 2.05) is 19.2 Å². The van der Waals surface area contributed by atoms with Gasteiger partial charge in [-0.15, -0.1) is 0 Å². The van der Waals surface area contributed by atoms with E-state index in [0.29, 0.717) is 17.1 Å². The van der Waals surface area contributed by atoms with E-state index in [1.165, 1.54) is 0 Å². The van der Waals surface area contributed by atoms with Crippen LogP contribution in [0.1, 0.15) is 53.0 Å². The van der Waals surface area contributed by atoms with Crippen molar-refractivity contribution in [2.24, 2.45) is 4.99 Å². The second kappa shape index (κ2) is 11.4. The first kappa shape index (κ1) is 27.2. The molecule has 2 amide bonds. The van der Waals surface area contributed by atoms with E-state index in [1.54, 1.807) is 71.5 Å². The molecular formula is C24H34N4O5S. The largest absolute Gasteiger partial charge is 0.444 e. The molecule has 0 saturated carbocycles. The van der Waals surface area contributed by atoms with Gasteiger partial charge in [-0.1, -0.05) is 6.07 Å². The molecule has 0 saturated heterocycles. The normalized spacial score (nSPS) is 11.5. The minimum Gasteiger partial charge on any atom is -0.444 e. The number of thioether (sulfide) groups is 1. The van der Waals surface area contributed by atoms with Gasteiger partial charge >= 0.3 is 12.2 Å². The molecule has 186 valence electrons. The molecule has 0 spiro atoms. The lowest BCUT2D eigenvalue weighted by atomic mass is 10.2. The molecule has 9 nitrogen and oxygen atoms in total. The maximum Gasteiger partial charge on any atom is 0.414 e. The number of aryl methyl sites for hydroxylation is 2. The maximum atomic E-state index is 12.3. The van der Waals surface area contributed by atoms with Crippen LogP contribution in [0.2, 0.25) is 0 Å². The van der Waals surface area contributed by atoms with Gasteiger partial charge in [-0.2, -0.15) is 11.8 Å². The number of ether oxygens (including phenoxy) is 2. The van der Waals surface area contributed by atoms with E-state index in [2.05, 4.69) is 20.6 Å². The van der Waals surface area contributed by atoms with Crippen LogP contribution in [-0.4, -0.2) is 46.3 Å². The van der Waals surface area contributed by atoms with Gasteiger partial charge in [0.1, 0.15) is 17.0 Å². The number of hydrogen-bond acceptors (Lipinski definition) is 8. The third-order valence-electron chi connectivity index (χ3n) is 4.01. The standard InChI is InChI=1S/C24H34N4O5S/c1-15-18(12-13-34-8)26-19(31-15)16-10-9-11-17(14-16)25-20(27-21(29)32-23(2,3)4)28-22(30)33-24(5,6)7/h9-11,14H,12-13H2,1-8H3,(H2,25,27,28,29,30). The summed E-state index contributed by atoms with van der Waals surface area (Å²) >= 11 is 1.75. The van der Waals surface area contributed by atoms with Gasteiger partial charge in [0.15, 0.2) is 0 Å². The average Bonchev–Trinajstić information content (AvgIpc) is 3.04. The minimum absolute atomic E-state index is 0.134. The highest BCUT2D eigenvalue weighted by atomic mass is 32.2. The Morgan fingerprint density at radius 1 is 1.06 bits per heavy atom. The van der Waals surface area contributed by atoms with Gasteiger partial charge in [0.25, 0.3) is 0 Å². The number of guanidine groups is 1. The van der Waals surface area contributed by atoms with Crippen molar-refractivity contribution in [3.63, 3.8) is 0 Å². The molecule has 1 aromatic heterocycles. The number of nitrogens with one attached hydrogen (secondary N) is 2. The molecule has 0 aliphatic carbocycles. The molecular weight excluding hydrogens is 456 g/mol. The summed E-state index contributed by atoms with van der Waals surface area (Å²) in [5.74, 6) is 2.07. The average molecular weight is 491 g/mol. The summed E-state index contributed by atoms with van der Waals surface area (Å²) in [5, 5.41) is 4.94. The number of aliphatic imine (C=N–C) groups is 1. The SMILES string of the molecule is CSCCc1nc(-c2cccc(N=C(NC(=O)OC(C)(C)C)NC(=O)OC(C)(C)C)c2)oc1C. The molecule has 1 aromatic carbocycles. The highest BCUT2D eigenvalue weighted by Crippen LogP contribution is 2.26. The number of alkyl carbamates (subject to hydrolysis) is 2. The summed E-state index contributed by atoms with van der Waals surface area (Å²) in [4.78, 5) is 33.6. The number of aromatic nitrogens is 1. The number of carbonyl (C=O) groups excluding carboxylic acids is 2. The Labute approximate surface area is 205 Å². The third kappa shape index (κ3) is 9.46. The van der Waals surface area contributed by atoms with E-state index < -0.39 is 23.4 Å². The molecule has 1 heterocycles. The molecule has 34 heavy (non-hydrogen) atoms. The fourth-order valence-corrected chi connectivity index (χ4v) is 3.10. The number of nitrogens with zero attached hydrogens (tertiary/aromatic N) is 2. The molecule has 0 fully saturated rings.